The molecule has 0 unspecified atom stereocenters. The van der Waals surface area contributed by atoms with Crippen LogP contribution in [0.5, 0.6) is 11.5 Å². The van der Waals surface area contributed by atoms with Crippen molar-refractivity contribution >= 4 is 32.4 Å². The van der Waals surface area contributed by atoms with Crippen molar-refractivity contribution < 1.29 is 9.47 Å². The third kappa shape index (κ3) is 2.88. The summed E-state index contributed by atoms with van der Waals surface area (Å²) in [4.78, 5) is 0. The number of fused-ring (bicyclic) bond motifs is 1. The van der Waals surface area contributed by atoms with Crippen LogP contribution in [0.2, 0.25) is 0 Å². The van der Waals surface area contributed by atoms with Gasteiger partial charge in [-0.3, -0.25) is 0 Å². The van der Waals surface area contributed by atoms with Gasteiger partial charge in [-0.1, -0.05) is 18.3 Å². The van der Waals surface area contributed by atoms with Crippen molar-refractivity contribution in [1.82, 2.24) is 10.2 Å². The first-order chi connectivity index (χ1) is 9.76. The SMILES string of the molecule is CCc1nnc(NCc2cc(Br)c3c(c2)OCCO3)s1. The molecule has 2 heterocycles. The highest BCUT2D eigenvalue weighted by molar-refractivity contribution is 9.10. The molecular weight excluding hydrogens is 342 g/mol. The number of nitrogens with one attached hydrogen (secondary N) is 1. The molecule has 3 rings (SSSR count). The van der Waals surface area contributed by atoms with Gasteiger partial charge >= 0.3 is 0 Å². The normalized spacial score (nSPS) is 13.3. The molecule has 2 aromatic rings. The highest BCUT2D eigenvalue weighted by atomic mass is 79.9. The molecule has 0 bridgehead atoms. The molecule has 106 valence electrons. The Morgan fingerprint density at radius 1 is 1.30 bits per heavy atom. The molecule has 1 aromatic heterocycles. The van der Waals surface area contributed by atoms with Crippen molar-refractivity contribution in [3.8, 4) is 11.5 Å². The van der Waals surface area contributed by atoms with Gasteiger partial charge in [0.2, 0.25) is 5.13 Å². The van der Waals surface area contributed by atoms with Crippen LogP contribution in [-0.2, 0) is 13.0 Å². The van der Waals surface area contributed by atoms with Gasteiger partial charge in [-0.05, 0) is 40.0 Å². The largest absolute Gasteiger partial charge is 0.486 e. The highest BCUT2D eigenvalue weighted by Crippen LogP contribution is 2.38. The van der Waals surface area contributed by atoms with Gasteiger partial charge in [-0.15, -0.1) is 10.2 Å². The zero-order valence-corrected chi connectivity index (χ0v) is 13.4. The van der Waals surface area contributed by atoms with E-state index in [1.807, 2.05) is 12.1 Å². The van der Waals surface area contributed by atoms with Crippen LogP contribution in [0.3, 0.4) is 0 Å². The maximum Gasteiger partial charge on any atom is 0.205 e. The van der Waals surface area contributed by atoms with Crippen LogP contribution in [0.4, 0.5) is 5.13 Å². The average molecular weight is 356 g/mol. The molecule has 0 radical (unpaired) electrons. The van der Waals surface area contributed by atoms with E-state index in [1.165, 1.54) is 0 Å². The number of nitrogens with zero attached hydrogens (tertiary/aromatic N) is 2. The lowest BCUT2D eigenvalue weighted by atomic mass is 10.2. The van der Waals surface area contributed by atoms with E-state index >= 15 is 0 Å². The predicted octanol–water partition coefficient (Wildman–Crippen LogP) is 3.25. The molecule has 20 heavy (non-hydrogen) atoms. The molecule has 1 aromatic carbocycles. The Morgan fingerprint density at radius 2 is 2.15 bits per heavy atom. The van der Waals surface area contributed by atoms with E-state index in [0.717, 1.165) is 38.1 Å². The van der Waals surface area contributed by atoms with E-state index in [4.69, 9.17) is 9.47 Å². The first-order valence-corrected chi connectivity index (χ1v) is 8.01. The van der Waals surface area contributed by atoms with Crippen LogP contribution in [0, 0.1) is 0 Å². The van der Waals surface area contributed by atoms with Crippen molar-refractivity contribution in [2.45, 2.75) is 19.9 Å². The zero-order valence-electron chi connectivity index (χ0n) is 11.0. The molecule has 1 N–H and O–H groups in total. The first kappa shape index (κ1) is 13.6. The topological polar surface area (TPSA) is 56.3 Å². The van der Waals surface area contributed by atoms with Crippen LogP contribution in [0.25, 0.3) is 0 Å². The van der Waals surface area contributed by atoms with Crippen molar-refractivity contribution in [1.29, 1.82) is 0 Å². The van der Waals surface area contributed by atoms with E-state index in [0.29, 0.717) is 19.8 Å². The van der Waals surface area contributed by atoms with Crippen LogP contribution in [0.15, 0.2) is 16.6 Å². The minimum atomic E-state index is 0.590. The summed E-state index contributed by atoms with van der Waals surface area (Å²) in [6, 6.07) is 4.02. The van der Waals surface area contributed by atoms with E-state index in [2.05, 4.69) is 38.4 Å². The average Bonchev–Trinajstić information content (AvgIpc) is 2.93. The Hall–Kier alpha value is -1.34. The third-order valence-electron chi connectivity index (χ3n) is 2.87. The summed E-state index contributed by atoms with van der Waals surface area (Å²) >= 11 is 5.10. The minimum absolute atomic E-state index is 0.590. The molecule has 0 amide bonds. The van der Waals surface area contributed by atoms with Gasteiger partial charge in [0.25, 0.3) is 0 Å². The van der Waals surface area contributed by atoms with Gasteiger partial charge in [-0.2, -0.15) is 0 Å². The molecule has 7 heteroatoms. The van der Waals surface area contributed by atoms with E-state index in [-0.39, 0.29) is 0 Å². The number of halogens is 1. The van der Waals surface area contributed by atoms with Gasteiger partial charge in [0.05, 0.1) is 4.47 Å². The second-order valence-corrected chi connectivity index (χ2v) is 6.23. The number of hydrogen-bond donors (Lipinski definition) is 1. The Bertz CT molecular complexity index is 618. The van der Waals surface area contributed by atoms with Gasteiger partial charge in [0.1, 0.15) is 18.2 Å². The standard InChI is InChI=1S/C13H14BrN3O2S/c1-2-11-16-17-13(20-11)15-7-8-5-9(14)12-10(6-8)18-3-4-19-12/h5-6H,2-4,7H2,1H3,(H,15,17). The van der Waals surface area contributed by atoms with Crippen LogP contribution in [0.1, 0.15) is 17.5 Å². The molecule has 0 saturated carbocycles. The minimum Gasteiger partial charge on any atom is -0.486 e. The summed E-state index contributed by atoms with van der Waals surface area (Å²) < 4.78 is 12.1. The molecule has 0 spiro atoms. The van der Waals surface area contributed by atoms with E-state index in [9.17, 15) is 0 Å². The smallest absolute Gasteiger partial charge is 0.205 e. The summed E-state index contributed by atoms with van der Waals surface area (Å²) in [6.45, 7) is 3.93. The van der Waals surface area contributed by atoms with Gasteiger partial charge in [0, 0.05) is 6.54 Å². The second kappa shape index (κ2) is 5.97. The Kier molecular flexibility index (Phi) is 4.07. The summed E-state index contributed by atoms with van der Waals surface area (Å²) in [6.07, 6.45) is 0.912. The van der Waals surface area contributed by atoms with E-state index in [1.54, 1.807) is 11.3 Å². The van der Waals surface area contributed by atoms with Crippen LogP contribution in [-0.4, -0.2) is 23.4 Å². The number of hydrogen-bond acceptors (Lipinski definition) is 6. The lowest BCUT2D eigenvalue weighted by Crippen LogP contribution is -2.16. The number of ether oxygens (including phenoxy) is 2. The molecule has 1 aliphatic rings. The Balaban J connectivity index is 1.72. The summed E-state index contributed by atoms with van der Waals surface area (Å²) in [5, 5.41) is 13.3. The second-order valence-electron chi connectivity index (χ2n) is 4.31. The fourth-order valence-electron chi connectivity index (χ4n) is 1.91. The molecule has 1 aliphatic heterocycles. The van der Waals surface area contributed by atoms with Crippen molar-refractivity contribution in [2.24, 2.45) is 0 Å². The zero-order chi connectivity index (χ0) is 13.9. The van der Waals surface area contributed by atoms with Crippen molar-refractivity contribution in [3.05, 3.63) is 27.2 Å². The van der Waals surface area contributed by atoms with Gasteiger partial charge in [-0.25, -0.2) is 0 Å². The lowest BCUT2D eigenvalue weighted by molar-refractivity contribution is 0.170. The molecule has 0 saturated heterocycles. The van der Waals surface area contributed by atoms with Crippen molar-refractivity contribution in [3.63, 3.8) is 0 Å². The lowest BCUT2D eigenvalue weighted by Gasteiger charge is -2.20. The van der Waals surface area contributed by atoms with Crippen molar-refractivity contribution in [2.75, 3.05) is 18.5 Å². The highest BCUT2D eigenvalue weighted by Gasteiger charge is 2.16. The number of aryl methyl sites for hydroxylation is 1. The predicted molar refractivity (Wildman–Crippen MR) is 81.7 cm³/mol. The number of benzene rings is 1. The molecule has 0 aliphatic carbocycles. The quantitative estimate of drug-likeness (QED) is 0.912. The maximum atomic E-state index is 5.61. The monoisotopic (exact) mass is 355 g/mol. The van der Waals surface area contributed by atoms with Crippen LogP contribution >= 0.6 is 27.3 Å². The first-order valence-electron chi connectivity index (χ1n) is 6.40. The molecular formula is C13H14BrN3O2S. The molecule has 5 nitrogen and oxygen atoms in total. The summed E-state index contributed by atoms with van der Waals surface area (Å²) in [5.41, 5.74) is 1.11. The number of aromatic nitrogens is 2. The van der Waals surface area contributed by atoms with Gasteiger partial charge in [0.15, 0.2) is 11.5 Å². The fraction of sp³-hybridized carbons (Fsp3) is 0.385. The summed E-state index contributed by atoms with van der Waals surface area (Å²) in [5.74, 6) is 1.57. The fourth-order valence-corrected chi connectivity index (χ4v) is 3.19. The Labute approximate surface area is 129 Å². The van der Waals surface area contributed by atoms with Crippen LogP contribution < -0.4 is 14.8 Å². The maximum absolute atomic E-state index is 5.61. The summed E-state index contributed by atoms with van der Waals surface area (Å²) in [7, 11) is 0. The number of rotatable bonds is 4. The van der Waals surface area contributed by atoms with E-state index < -0.39 is 0 Å². The van der Waals surface area contributed by atoms with Gasteiger partial charge < -0.3 is 14.8 Å². The molecule has 0 fully saturated rings. The molecule has 0 atom stereocenters. The third-order valence-corrected chi connectivity index (χ3v) is 4.48. The Morgan fingerprint density at radius 3 is 2.95 bits per heavy atom. The number of anilines is 1.